The summed E-state index contributed by atoms with van der Waals surface area (Å²) in [4.78, 5) is 6.57. The Bertz CT molecular complexity index is 502. The van der Waals surface area contributed by atoms with Crippen LogP contribution in [0.4, 0.5) is 11.5 Å². The Balaban J connectivity index is 2.37. The number of aromatic nitrogens is 1. The van der Waals surface area contributed by atoms with E-state index in [0.717, 1.165) is 30.2 Å². The quantitative estimate of drug-likeness (QED) is 0.864. The summed E-state index contributed by atoms with van der Waals surface area (Å²) in [7, 11) is 1.66. The molecule has 0 amide bonds. The predicted octanol–water partition coefficient (Wildman–Crippen LogP) is 2.58. The second-order valence-corrected chi connectivity index (χ2v) is 4.16. The first-order valence-corrected chi connectivity index (χ1v) is 6.38. The highest BCUT2D eigenvalue weighted by molar-refractivity contribution is 5.65. The minimum Gasteiger partial charge on any atom is -0.493 e. The summed E-state index contributed by atoms with van der Waals surface area (Å²) in [5.41, 5.74) is 6.72. The lowest BCUT2D eigenvalue weighted by Gasteiger charge is -2.25. The van der Waals surface area contributed by atoms with Crippen molar-refractivity contribution in [3.05, 3.63) is 48.7 Å². The number of hydrogen-bond acceptors (Lipinski definition) is 4. The lowest BCUT2D eigenvalue weighted by Crippen LogP contribution is -2.22. The summed E-state index contributed by atoms with van der Waals surface area (Å²) >= 11 is 0. The molecule has 1 aromatic carbocycles. The van der Waals surface area contributed by atoms with Gasteiger partial charge in [-0.2, -0.15) is 0 Å². The smallest absolute Gasteiger partial charge is 0.175 e. The number of nitrogens with zero attached hydrogens (tertiary/aromatic N) is 2. The van der Waals surface area contributed by atoms with Gasteiger partial charge in [-0.15, -0.1) is 0 Å². The van der Waals surface area contributed by atoms with Crippen LogP contribution >= 0.6 is 0 Å². The van der Waals surface area contributed by atoms with Gasteiger partial charge in [0.2, 0.25) is 0 Å². The van der Waals surface area contributed by atoms with Gasteiger partial charge >= 0.3 is 0 Å². The molecule has 0 aliphatic rings. The average Bonchev–Trinajstić information content (AvgIpc) is 2.49. The monoisotopic (exact) mass is 257 g/mol. The van der Waals surface area contributed by atoms with Crippen LogP contribution in [0.3, 0.4) is 0 Å². The minimum absolute atomic E-state index is 0.651. The van der Waals surface area contributed by atoms with E-state index in [0.29, 0.717) is 6.54 Å². The highest BCUT2D eigenvalue weighted by Gasteiger charge is 2.14. The number of hydrogen-bond donors (Lipinski definition) is 1. The molecule has 0 spiro atoms. The first kappa shape index (κ1) is 13.4. The number of nitrogens with two attached hydrogens (primary N) is 1. The number of pyridine rings is 1. The fourth-order valence-corrected chi connectivity index (χ4v) is 1.96. The van der Waals surface area contributed by atoms with E-state index in [-0.39, 0.29) is 0 Å². The summed E-state index contributed by atoms with van der Waals surface area (Å²) < 4.78 is 5.39. The van der Waals surface area contributed by atoms with Crippen LogP contribution in [0.1, 0.15) is 6.42 Å². The molecule has 0 fully saturated rings. The molecule has 0 aliphatic heterocycles. The van der Waals surface area contributed by atoms with Crippen molar-refractivity contribution in [1.82, 2.24) is 4.98 Å². The first-order chi connectivity index (χ1) is 9.36. The third kappa shape index (κ3) is 3.23. The van der Waals surface area contributed by atoms with Crippen LogP contribution in [0, 0.1) is 0 Å². The van der Waals surface area contributed by atoms with Gasteiger partial charge in [-0.1, -0.05) is 18.2 Å². The normalized spacial score (nSPS) is 10.2. The van der Waals surface area contributed by atoms with Gasteiger partial charge < -0.3 is 15.4 Å². The largest absolute Gasteiger partial charge is 0.493 e. The standard InChI is InChI=1S/C15H19N3O/c1-19-14-9-5-11-17-15(14)18(12-6-10-16)13-7-3-2-4-8-13/h2-5,7-9,11H,6,10,12,16H2,1H3. The molecule has 0 saturated heterocycles. The third-order valence-corrected chi connectivity index (χ3v) is 2.88. The van der Waals surface area contributed by atoms with Gasteiger partial charge in [0.05, 0.1) is 7.11 Å². The van der Waals surface area contributed by atoms with E-state index in [1.807, 2.05) is 30.3 Å². The molecular weight excluding hydrogens is 238 g/mol. The van der Waals surface area contributed by atoms with Crippen molar-refractivity contribution in [2.75, 3.05) is 25.1 Å². The number of rotatable bonds is 6. The summed E-state index contributed by atoms with van der Waals surface area (Å²) in [6, 6.07) is 13.9. The highest BCUT2D eigenvalue weighted by atomic mass is 16.5. The lowest BCUT2D eigenvalue weighted by atomic mass is 10.2. The molecule has 100 valence electrons. The third-order valence-electron chi connectivity index (χ3n) is 2.88. The summed E-state index contributed by atoms with van der Waals surface area (Å²) in [5.74, 6) is 1.59. The fraction of sp³-hybridized carbons (Fsp3) is 0.267. The number of para-hydroxylation sites is 1. The van der Waals surface area contributed by atoms with Crippen molar-refractivity contribution < 1.29 is 4.74 Å². The summed E-state index contributed by atoms with van der Waals surface area (Å²) in [5, 5.41) is 0. The van der Waals surface area contributed by atoms with Crippen LogP contribution in [-0.2, 0) is 0 Å². The molecule has 1 heterocycles. The van der Waals surface area contributed by atoms with Crippen LogP contribution < -0.4 is 15.4 Å². The second kappa shape index (κ2) is 6.75. The second-order valence-electron chi connectivity index (χ2n) is 4.16. The van der Waals surface area contributed by atoms with Crippen molar-refractivity contribution in [3.63, 3.8) is 0 Å². The van der Waals surface area contributed by atoms with E-state index in [9.17, 15) is 0 Å². The van der Waals surface area contributed by atoms with Gasteiger partial charge in [-0.25, -0.2) is 4.98 Å². The van der Waals surface area contributed by atoms with Crippen LogP contribution in [0.25, 0.3) is 0 Å². The van der Waals surface area contributed by atoms with E-state index >= 15 is 0 Å². The number of ether oxygens (including phenoxy) is 1. The van der Waals surface area contributed by atoms with Gasteiger partial charge in [0.25, 0.3) is 0 Å². The van der Waals surface area contributed by atoms with Crippen molar-refractivity contribution in [2.24, 2.45) is 5.73 Å². The van der Waals surface area contributed by atoms with E-state index < -0.39 is 0 Å². The number of anilines is 2. The molecule has 0 aliphatic carbocycles. The molecule has 0 radical (unpaired) electrons. The molecule has 2 N–H and O–H groups in total. The van der Waals surface area contributed by atoms with Crippen LogP contribution in [-0.4, -0.2) is 25.2 Å². The summed E-state index contributed by atoms with van der Waals surface area (Å²) in [6.45, 7) is 1.46. The Morgan fingerprint density at radius 1 is 1.16 bits per heavy atom. The highest BCUT2D eigenvalue weighted by Crippen LogP contribution is 2.31. The van der Waals surface area contributed by atoms with Crippen molar-refractivity contribution in [2.45, 2.75) is 6.42 Å². The van der Waals surface area contributed by atoms with E-state index in [4.69, 9.17) is 10.5 Å². The molecule has 4 heteroatoms. The first-order valence-electron chi connectivity index (χ1n) is 6.38. The van der Waals surface area contributed by atoms with Crippen LogP contribution in [0.15, 0.2) is 48.7 Å². The molecule has 2 aromatic rings. The van der Waals surface area contributed by atoms with Crippen molar-refractivity contribution in [1.29, 1.82) is 0 Å². The Kier molecular flexibility index (Phi) is 4.75. The Morgan fingerprint density at radius 2 is 1.95 bits per heavy atom. The zero-order valence-corrected chi connectivity index (χ0v) is 11.1. The Morgan fingerprint density at radius 3 is 2.63 bits per heavy atom. The zero-order valence-electron chi connectivity index (χ0n) is 11.1. The van der Waals surface area contributed by atoms with E-state index in [1.165, 1.54) is 0 Å². The maximum atomic E-state index is 5.63. The molecule has 0 atom stereocenters. The van der Waals surface area contributed by atoms with E-state index in [1.54, 1.807) is 13.3 Å². The molecule has 1 aromatic heterocycles. The molecular formula is C15H19N3O. The van der Waals surface area contributed by atoms with Gasteiger partial charge in [0, 0.05) is 18.4 Å². The van der Waals surface area contributed by atoms with Gasteiger partial charge in [0.1, 0.15) is 0 Å². The Hall–Kier alpha value is -2.07. The maximum absolute atomic E-state index is 5.63. The zero-order chi connectivity index (χ0) is 13.5. The molecule has 0 bridgehead atoms. The number of benzene rings is 1. The predicted molar refractivity (Wildman–Crippen MR) is 77.9 cm³/mol. The molecule has 19 heavy (non-hydrogen) atoms. The maximum Gasteiger partial charge on any atom is 0.175 e. The molecule has 2 rings (SSSR count). The average molecular weight is 257 g/mol. The molecule has 4 nitrogen and oxygen atoms in total. The van der Waals surface area contributed by atoms with Gasteiger partial charge in [0.15, 0.2) is 11.6 Å². The van der Waals surface area contributed by atoms with Crippen molar-refractivity contribution >= 4 is 11.5 Å². The van der Waals surface area contributed by atoms with Crippen LogP contribution in [0.2, 0.25) is 0 Å². The molecule has 0 unspecified atom stereocenters. The SMILES string of the molecule is COc1cccnc1N(CCCN)c1ccccc1. The van der Waals surface area contributed by atoms with Gasteiger partial charge in [-0.3, -0.25) is 0 Å². The minimum atomic E-state index is 0.651. The van der Waals surface area contributed by atoms with Crippen LogP contribution in [0.5, 0.6) is 5.75 Å². The fourth-order valence-electron chi connectivity index (χ4n) is 1.96. The van der Waals surface area contributed by atoms with E-state index in [2.05, 4.69) is 22.0 Å². The summed E-state index contributed by atoms with van der Waals surface area (Å²) in [6.07, 6.45) is 2.67. The number of methoxy groups -OCH3 is 1. The van der Waals surface area contributed by atoms with Crippen molar-refractivity contribution in [3.8, 4) is 5.75 Å². The topological polar surface area (TPSA) is 51.4 Å². The lowest BCUT2D eigenvalue weighted by molar-refractivity contribution is 0.413. The Labute approximate surface area is 113 Å². The van der Waals surface area contributed by atoms with Gasteiger partial charge in [-0.05, 0) is 37.2 Å². The molecule has 0 saturated carbocycles.